The summed E-state index contributed by atoms with van der Waals surface area (Å²) in [6, 6.07) is 22.9. The van der Waals surface area contributed by atoms with Crippen molar-refractivity contribution in [2.45, 2.75) is 12.5 Å². The van der Waals surface area contributed by atoms with Gasteiger partial charge in [-0.3, -0.25) is 4.79 Å². The molecule has 0 fully saturated rings. The highest BCUT2D eigenvalue weighted by Gasteiger charge is 2.39. The lowest BCUT2D eigenvalue weighted by Crippen LogP contribution is -2.43. The largest absolute Gasteiger partial charge is 0.493 e. The molecule has 6 nitrogen and oxygen atoms in total. The van der Waals surface area contributed by atoms with Crippen molar-refractivity contribution in [1.82, 2.24) is 5.43 Å². The van der Waals surface area contributed by atoms with Gasteiger partial charge >= 0.3 is 0 Å². The molecule has 6 heteroatoms. The minimum absolute atomic E-state index is 0.452. The van der Waals surface area contributed by atoms with E-state index in [2.05, 4.69) is 10.5 Å². The lowest BCUT2D eigenvalue weighted by atomic mass is 9.85. The summed E-state index contributed by atoms with van der Waals surface area (Å²) in [6.45, 7) is 1.76. The third-order valence-corrected chi connectivity index (χ3v) is 4.84. The van der Waals surface area contributed by atoms with Crippen molar-refractivity contribution in [3.63, 3.8) is 0 Å². The van der Waals surface area contributed by atoms with Crippen molar-refractivity contribution in [2.75, 3.05) is 14.2 Å². The summed E-state index contributed by atoms with van der Waals surface area (Å²) < 4.78 is 10.6. The zero-order chi connectivity index (χ0) is 21.6. The molecule has 0 aliphatic carbocycles. The Morgan fingerprint density at radius 3 is 1.90 bits per heavy atom. The Labute approximate surface area is 175 Å². The summed E-state index contributed by atoms with van der Waals surface area (Å²) in [6.07, 6.45) is 0. The quantitative estimate of drug-likeness (QED) is 0.467. The number of amides is 1. The molecule has 0 heterocycles. The second kappa shape index (κ2) is 9.24. The van der Waals surface area contributed by atoms with Crippen molar-refractivity contribution < 1.29 is 19.4 Å². The van der Waals surface area contributed by atoms with Gasteiger partial charge < -0.3 is 14.6 Å². The molecule has 3 aromatic rings. The molecule has 0 spiro atoms. The lowest BCUT2D eigenvalue weighted by molar-refractivity contribution is -0.136. The third kappa shape index (κ3) is 4.18. The monoisotopic (exact) mass is 404 g/mol. The van der Waals surface area contributed by atoms with E-state index in [0.717, 1.165) is 5.56 Å². The number of carbonyl (C=O) groups excluding carboxylic acids is 1. The Morgan fingerprint density at radius 2 is 1.40 bits per heavy atom. The van der Waals surface area contributed by atoms with Crippen LogP contribution in [0.2, 0.25) is 0 Å². The van der Waals surface area contributed by atoms with Gasteiger partial charge in [0.1, 0.15) is 0 Å². The zero-order valence-electron chi connectivity index (χ0n) is 17.1. The number of methoxy groups -OCH3 is 2. The van der Waals surface area contributed by atoms with Crippen molar-refractivity contribution in [1.29, 1.82) is 0 Å². The molecule has 0 aliphatic rings. The van der Waals surface area contributed by atoms with Gasteiger partial charge in [0.2, 0.25) is 0 Å². The molecule has 0 aliphatic heterocycles. The van der Waals surface area contributed by atoms with E-state index in [0.29, 0.717) is 28.3 Å². The van der Waals surface area contributed by atoms with Gasteiger partial charge in [0, 0.05) is 5.56 Å². The molecular formula is C24H24N2O4. The van der Waals surface area contributed by atoms with Crippen LogP contribution in [-0.4, -0.2) is 30.9 Å². The molecule has 2 N–H and O–H groups in total. The van der Waals surface area contributed by atoms with Crippen LogP contribution in [0.5, 0.6) is 11.5 Å². The van der Waals surface area contributed by atoms with E-state index in [-0.39, 0.29) is 0 Å². The predicted octanol–water partition coefficient (Wildman–Crippen LogP) is 3.48. The Morgan fingerprint density at radius 1 is 0.867 bits per heavy atom. The van der Waals surface area contributed by atoms with Gasteiger partial charge in [-0.2, -0.15) is 5.10 Å². The molecule has 0 bridgehead atoms. The normalized spacial score (nSPS) is 11.7. The molecule has 3 rings (SSSR count). The third-order valence-electron chi connectivity index (χ3n) is 4.84. The summed E-state index contributed by atoms with van der Waals surface area (Å²) in [5, 5.41) is 15.6. The fourth-order valence-corrected chi connectivity index (χ4v) is 3.13. The Balaban J connectivity index is 1.92. The van der Waals surface area contributed by atoms with Gasteiger partial charge in [-0.05, 0) is 36.2 Å². The van der Waals surface area contributed by atoms with Gasteiger partial charge in [0.25, 0.3) is 5.91 Å². The second-order valence-corrected chi connectivity index (χ2v) is 6.65. The first-order valence-electron chi connectivity index (χ1n) is 9.41. The van der Waals surface area contributed by atoms with Crippen LogP contribution in [0.3, 0.4) is 0 Å². The standard InChI is InChI=1S/C24H24N2O4/c1-17(18-14-15-21(29-2)22(16-18)30-3)25-26-23(27)24(28,19-10-6-4-7-11-19)20-12-8-5-9-13-20/h4-16,28H,1-3H3,(H,26,27)/b25-17+. The van der Waals surface area contributed by atoms with E-state index < -0.39 is 11.5 Å². The molecule has 0 unspecified atom stereocenters. The molecule has 0 aromatic heterocycles. The fraction of sp³-hybridized carbons (Fsp3) is 0.167. The number of carbonyl (C=O) groups is 1. The van der Waals surface area contributed by atoms with Crippen LogP contribution in [0.4, 0.5) is 0 Å². The number of ether oxygens (including phenoxy) is 2. The van der Waals surface area contributed by atoms with Gasteiger partial charge in [0.15, 0.2) is 17.1 Å². The SMILES string of the molecule is COc1ccc(/C(C)=N/NC(=O)C(O)(c2ccccc2)c2ccccc2)cc1OC. The minimum atomic E-state index is -1.89. The Hall–Kier alpha value is -3.64. The number of hydrogen-bond donors (Lipinski definition) is 2. The van der Waals surface area contributed by atoms with Crippen LogP contribution in [-0.2, 0) is 10.4 Å². The molecule has 30 heavy (non-hydrogen) atoms. The molecule has 0 saturated carbocycles. The maximum atomic E-state index is 13.1. The maximum absolute atomic E-state index is 13.1. The number of aliphatic hydroxyl groups is 1. The average molecular weight is 404 g/mol. The maximum Gasteiger partial charge on any atom is 0.281 e. The Bertz CT molecular complexity index is 994. The van der Waals surface area contributed by atoms with E-state index in [9.17, 15) is 9.90 Å². The number of hydrazone groups is 1. The summed E-state index contributed by atoms with van der Waals surface area (Å²) in [5.74, 6) is 0.501. The van der Waals surface area contributed by atoms with E-state index >= 15 is 0 Å². The highest BCUT2D eigenvalue weighted by atomic mass is 16.5. The van der Waals surface area contributed by atoms with Crippen molar-refractivity contribution in [3.05, 3.63) is 95.6 Å². The number of hydrogen-bond acceptors (Lipinski definition) is 5. The van der Waals surface area contributed by atoms with Crippen LogP contribution in [0.15, 0.2) is 84.0 Å². The minimum Gasteiger partial charge on any atom is -0.493 e. The first-order valence-corrected chi connectivity index (χ1v) is 9.41. The fourth-order valence-electron chi connectivity index (χ4n) is 3.13. The van der Waals surface area contributed by atoms with Crippen LogP contribution in [0.1, 0.15) is 23.6 Å². The van der Waals surface area contributed by atoms with Crippen LogP contribution < -0.4 is 14.9 Å². The van der Waals surface area contributed by atoms with Gasteiger partial charge in [-0.1, -0.05) is 60.7 Å². The van der Waals surface area contributed by atoms with Gasteiger partial charge in [-0.25, -0.2) is 5.43 Å². The molecule has 1 amide bonds. The van der Waals surface area contributed by atoms with E-state index in [4.69, 9.17) is 9.47 Å². The van der Waals surface area contributed by atoms with E-state index in [1.807, 2.05) is 18.2 Å². The smallest absolute Gasteiger partial charge is 0.281 e. The van der Waals surface area contributed by atoms with Crippen molar-refractivity contribution in [2.24, 2.45) is 5.10 Å². The second-order valence-electron chi connectivity index (χ2n) is 6.65. The van der Waals surface area contributed by atoms with Crippen molar-refractivity contribution in [3.8, 4) is 11.5 Å². The van der Waals surface area contributed by atoms with E-state index in [1.54, 1.807) is 81.8 Å². The first-order chi connectivity index (χ1) is 14.5. The average Bonchev–Trinajstić information content (AvgIpc) is 2.82. The summed E-state index contributed by atoms with van der Waals surface area (Å²) in [7, 11) is 3.11. The van der Waals surface area contributed by atoms with Gasteiger partial charge in [-0.15, -0.1) is 0 Å². The van der Waals surface area contributed by atoms with Crippen molar-refractivity contribution >= 4 is 11.6 Å². The first kappa shape index (κ1) is 21.1. The lowest BCUT2D eigenvalue weighted by Gasteiger charge is -2.27. The Kier molecular flexibility index (Phi) is 6.49. The molecule has 154 valence electrons. The molecule has 3 aromatic carbocycles. The molecule has 0 saturated heterocycles. The number of benzene rings is 3. The van der Waals surface area contributed by atoms with Crippen LogP contribution >= 0.6 is 0 Å². The number of rotatable bonds is 7. The summed E-state index contributed by atoms with van der Waals surface area (Å²) >= 11 is 0. The predicted molar refractivity (Wildman–Crippen MR) is 116 cm³/mol. The highest BCUT2D eigenvalue weighted by molar-refractivity contribution is 6.00. The molecule has 0 radical (unpaired) electrons. The number of nitrogens with zero attached hydrogens (tertiary/aromatic N) is 1. The van der Waals surface area contributed by atoms with Crippen LogP contribution in [0.25, 0.3) is 0 Å². The molecule has 0 atom stereocenters. The summed E-state index contributed by atoms with van der Waals surface area (Å²) in [4.78, 5) is 13.1. The molecular weight excluding hydrogens is 380 g/mol. The highest BCUT2D eigenvalue weighted by Crippen LogP contribution is 2.30. The topological polar surface area (TPSA) is 80.2 Å². The van der Waals surface area contributed by atoms with E-state index in [1.165, 1.54) is 0 Å². The zero-order valence-corrected chi connectivity index (χ0v) is 17.1. The van der Waals surface area contributed by atoms with Gasteiger partial charge in [0.05, 0.1) is 19.9 Å². The van der Waals surface area contributed by atoms with Crippen LogP contribution in [0, 0.1) is 0 Å². The summed E-state index contributed by atoms with van der Waals surface area (Å²) in [5.41, 5.74) is 2.82. The number of nitrogens with one attached hydrogen (secondary N) is 1.